The van der Waals surface area contributed by atoms with Crippen LogP contribution in [0.5, 0.6) is 0 Å². The van der Waals surface area contributed by atoms with E-state index >= 15 is 0 Å². The maximum Gasteiger partial charge on any atom is 0.265 e. The predicted octanol–water partition coefficient (Wildman–Crippen LogP) is 1.78. The number of hydrogen-bond donors (Lipinski definition) is 1. The van der Waals surface area contributed by atoms with Gasteiger partial charge in [0.15, 0.2) is 0 Å². The van der Waals surface area contributed by atoms with Gasteiger partial charge in [-0.3, -0.25) is 9.48 Å². The summed E-state index contributed by atoms with van der Waals surface area (Å²) in [4.78, 5) is 19.0. The Bertz CT molecular complexity index is 593. The minimum atomic E-state index is -0.0647. The molecule has 2 aromatic heterocycles. The molecule has 0 aliphatic rings. The topological polar surface area (TPSA) is 71.2 Å². The van der Waals surface area contributed by atoms with Gasteiger partial charge in [-0.1, -0.05) is 13.3 Å². The smallest absolute Gasteiger partial charge is 0.265 e. The molecule has 0 atom stereocenters. The summed E-state index contributed by atoms with van der Waals surface area (Å²) in [6, 6.07) is 0. The largest absolute Gasteiger partial charge is 0.395 e. The molecule has 0 aromatic carbocycles. The lowest BCUT2D eigenvalue weighted by molar-refractivity contribution is 0.0724. The molecule has 7 heteroatoms. The number of thiazole rings is 1. The molecule has 0 aliphatic heterocycles. The molecule has 0 saturated carbocycles. The minimum absolute atomic E-state index is 0.0241. The summed E-state index contributed by atoms with van der Waals surface area (Å²) in [7, 11) is 1.84. The second kappa shape index (κ2) is 7.33. The summed E-state index contributed by atoms with van der Waals surface area (Å²) >= 11 is 1.36. The average molecular weight is 308 g/mol. The van der Waals surface area contributed by atoms with Gasteiger partial charge in [0, 0.05) is 31.9 Å². The van der Waals surface area contributed by atoms with Crippen LogP contribution >= 0.6 is 11.3 Å². The van der Waals surface area contributed by atoms with E-state index in [1.807, 2.05) is 13.2 Å². The van der Waals surface area contributed by atoms with Gasteiger partial charge >= 0.3 is 0 Å². The van der Waals surface area contributed by atoms with Gasteiger partial charge in [0.25, 0.3) is 5.91 Å². The zero-order chi connectivity index (χ0) is 15.2. The number of aliphatic hydroxyl groups is 1. The highest BCUT2D eigenvalue weighted by Gasteiger charge is 2.18. The molecule has 0 saturated heterocycles. The van der Waals surface area contributed by atoms with Crippen molar-refractivity contribution in [3.63, 3.8) is 0 Å². The maximum absolute atomic E-state index is 12.5. The van der Waals surface area contributed by atoms with Crippen LogP contribution < -0.4 is 0 Å². The number of aliphatic hydroxyl groups excluding tert-OH is 1. The fourth-order valence-corrected chi connectivity index (χ4v) is 2.84. The third-order valence-corrected chi connectivity index (χ3v) is 4.14. The van der Waals surface area contributed by atoms with Gasteiger partial charge in [-0.2, -0.15) is 5.10 Å². The van der Waals surface area contributed by atoms with Crippen LogP contribution in [0, 0.1) is 0 Å². The van der Waals surface area contributed by atoms with Crippen LogP contribution in [0.2, 0.25) is 0 Å². The van der Waals surface area contributed by atoms with Crippen LogP contribution in [-0.4, -0.2) is 50.4 Å². The lowest BCUT2D eigenvalue weighted by Gasteiger charge is -2.20. The van der Waals surface area contributed by atoms with Gasteiger partial charge in [0.1, 0.15) is 9.88 Å². The summed E-state index contributed by atoms with van der Waals surface area (Å²) in [5.41, 5.74) is 0.906. The standard InChI is InChI=1S/C14H20N4O2S/c1-3-4-5-18(6-7-19)14(20)12-9-15-13(21-12)11-8-16-17(2)10-11/h8-10,19H,3-7H2,1-2H3. The molecule has 1 N–H and O–H groups in total. The van der Waals surface area contributed by atoms with Crippen molar-refractivity contribution in [1.29, 1.82) is 0 Å². The van der Waals surface area contributed by atoms with E-state index in [1.54, 1.807) is 22.0 Å². The van der Waals surface area contributed by atoms with Crippen molar-refractivity contribution < 1.29 is 9.90 Å². The van der Waals surface area contributed by atoms with Crippen LogP contribution in [0.4, 0.5) is 0 Å². The van der Waals surface area contributed by atoms with E-state index in [0.717, 1.165) is 23.4 Å². The van der Waals surface area contributed by atoms with Gasteiger partial charge in [-0.25, -0.2) is 4.98 Å². The van der Waals surface area contributed by atoms with Crippen LogP contribution in [-0.2, 0) is 7.05 Å². The number of carbonyl (C=O) groups excluding carboxylic acids is 1. The summed E-state index contributed by atoms with van der Waals surface area (Å²) in [6.07, 6.45) is 7.15. The Morgan fingerprint density at radius 3 is 2.86 bits per heavy atom. The molecule has 2 rings (SSSR count). The van der Waals surface area contributed by atoms with Gasteiger partial charge in [0.05, 0.1) is 19.0 Å². The number of amides is 1. The fourth-order valence-electron chi connectivity index (χ4n) is 1.98. The molecule has 21 heavy (non-hydrogen) atoms. The molecule has 0 aliphatic carbocycles. The van der Waals surface area contributed by atoms with Crippen molar-refractivity contribution in [2.24, 2.45) is 7.05 Å². The highest BCUT2D eigenvalue weighted by molar-refractivity contribution is 7.16. The Kier molecular flexibility index (Phi) is 5.46. The summed E-state index contributed by atoms with van der Waals surface area (Å²) < 4.78 is 1.71. The van der Waals surface area contributed by atoms with Crippen LogP contribution in [0.3, 0.4) is 0 Å². The first-order valence-corrected chi connectivity index (χ1v) is 7.82. The van der Waals surface area contributed by atoms with Crippen molar-refractivity contribution in [2.45, 2.75) is 19.8 Å². The van der Waals surface area contributed by atoms with Gasteiger partial charge in [-0.05, 0) is 6.42 Å². The second-order valence-corrected chi connectivity index (χ2v) is 5.83. The number of carbonyl (C=O) groups is 1. The van der Waals surface area contributed by atoms with Gasteiger partial charge in [0.2, 0.25) is 0 Å². The molecule has 6 nitrogen and oxygen atoms in total. The first-order chi connectivity index (χ1) is 10.2. The third-order valence-electron chi connectivity index (χ3n) is 3.11. The Morgan fingerprint density at radius 2 is 2.24 bits per heavy atom. The monoisotopic (exact) mass is 308 g/mol. The molecule has 0 radical (unpaired) electrons. The van der Waals surface area contributed by atoms with Crippen molar-refractivity contribution in [2.75, 3.05) is 19.7 Å². The van der Waals surface area contributed by atoms with Crippen molar-refractivity contribution in [1.82, 2.24) is 19.7 Å². The summed E-state index contributed by atoms with van der Waals surface area (Å²) in [6.45, 7) is 3.08. The average Bonchev–Trinajstić information content (AvgIpc) is 3.11. The SMILES string of the molecule is CCCCN(CCO)C(=O)c1cnc(-c2cnn(C)c2)s1. The van der Waals surface area contributed by atoms with Crippen LogP contribution in [0.25, 0.3) is 10.6 Å². The first-order valence-electron chi connectivity index (χ1n) is 7.00. The number of nitrogens with zero attached hydrogens (tertiary/aromatic N) is 4. The van der Waals surface area contributed by atoms with Crippen molar-refractivity contribution >= 4 is 17.2 Å². The second-order valence-electron chi connectivity index (χ2n) is 4.80. The van der Waals surface area contributed by atoms with E-state index in [2.05, 4.69) is 17.0 Å². The molecule has 1 amide bonds. The van der Waals surface area contributed by atoms with Gasteiger partial charge in [-0.15, -0.1) is 11.3 Å². The lowest BCUT2D eigenvalue weighted by atomic mass is 10.3. The van der Waals surface area contributed by atoms with Crippen LogP contribution in [0.15, 0.2) is 18.6 Å². The normalized spacial score (nSPS) is 10.8. The zero-order valence-corrected chi connectivity index (χ0v) is 13.1. The van der Waals surface area contributed by atoms with E-state index < -0.39 is 0 Å². The maximum atomic E-state index is 12.5. The zero-order valence-electron chi connectivity index (χ0n) is 12.3. The third kappa shape index (κ3) is 3.89. The minimum Gasteiger partial charge on any atom is -0.395 e. The van der Waals surface area contributed by atoms with Crippen LogP contribution in [0.1, 0.15) is 29.4 Å². The molecule has 0 fully saturated rings. The Hall–Kier alpha value is -1.73. The quantitative estimate of drug-likeness (QED) is 0.846. The molecular formula is C14H20N4O2S. The first kappa shape index (κ1) is 15.7. The predicted molar refractivity (Wildman–Crippen MR) is 82.2 cm³/mol. The summed E-state index contributed by atoms with van der Waals surface area (Å²) in [5, 5.41) is 14.0. The highest BCUT2D eigenvalue weighted by atomic mass is 32.1. The van der Waals surface area contributed by atoms with E-state index in [-0.39, 0.29) is 12.5 Å². The molecule has 0 bridgehead atoms. The number of rotatable bonds is 7. The Labute approximate surface area is 128 Å². The number of aromatic nitrogens is 3. The molecular weight excluding hydrogens is 288 g/mol. The fraction of sp³-hybridized carbons (Fsp3) is 0.500. The molecule has 2 heterocycles. The molecule has 0 unspecified atom stereocenters. The number of hydrogen-bond acceptors (Lipinski definition) is 5. The Morgan fingerprint density at radius 1 is 1.43 bits per heavy atom. The number of unbranched alkanes of at least 4 members (excludes halogenated alkanes) is 1. The van der Waals surface area contributed by atoms with E-state index in [1.165, 1.54) is 11.3 Å². The number of aryl methyl sites for hydroxylation is 1. The van der Waals surface area contributed by atoms with Crippen molar-refractivity contribution in [3.8, 4) is 10.6 Å². The highest BCUT2D eigenvalue weighted by Crippen LogP contribution is 2.25. The summed E-state index contributed by atoms with van der Waals surface area (Å²) in [5.74, 6) is -0.0647. The lowest BCUT2D eigenvalue weighted by Crippen LogP contribution is -2.33. The molecule has 114 valence electrons. The van der Waals surface area contributed by atoms with E-state index in [0.29, 0.717) is 18.0 Å². The van der Waals surface area contributed by atoms with Gasteiger partial charge < -0.3 is 10.0 Å². The van der Waals surface area contributed by atoms with E-state index in [4.69, 9.17) is 5.11 Å². The Balaban J connectivity index is 2.13. The van der Waals surface area contributed by atoms with E-state index in [9.17, 15) is 4.79 Å². The molecule has 2 aromatic rings. The molecule has 0 spiro atoms. The van der Waals surface area contributed by atoms with Crippen molar-refractivity contribution in [3.05, 3.63) is 23.5 Å².